The number of halogens is 2. The smallest absolute Gasteiger partial charge is 0.135 e. The Labute approximate surface area is 148 Å². The highest BCUT2D eigenvalue weighted by atomic mass is 35.5. The van der Waals surface area contributed by atoms with E-state index in [4.69, 9.17) is 28.5 Å². The van der Waals surface area contributed by atoms with Gasteiger partial charge in [0.1, 0.15) is 18.0 Å². The van der Waals surface area contributed by atoms with Gasteiger partial charge in [-0.15, -0.1) is 0 Å². The van der Waals surface area contributed by atoms with Gasteiger partial charge in [0.15, 0.2) is 0 Å². The maximum atomic E-state index is 8.95. The zero-order valence-electron chi connectivity index (χ0n) is 12.3. The van der Waals surface area contributed by atoms with Gasteiger partial charge in [-0.25, -0.2) is 9.97 Å². The number of benzene rings is 2. The Morgan fingerprint density at radius 3 is 2.50 bits per heavy atom. The summed E-state index contributed by atoms with van der Waals surface area (Å²) in [5.74, 6) is 1.15. The average molecular weight is 356 g/mol. The van der Waals surface area contributed by atoms with E-state index in [2.05, 4.69) is 26.7 Å². The molecule has 2 aromatic carbocycles. The standard InChI is InChI=1S/C17H11Cl2N5/c18-12-4-5-14(19)15(7-12)24-17-8-16(21-10-22-17)23-13-3-1-2-11(6-13)9-20/h1-8,10H,(H2,21,22,23,24). The van der Waals surface area contributed by atoms with Crippen LogP contribution in [0.3, 0.4) is 0 Å². The maximum absolute atomic E-state index is 8.95. The molecule has 0 amide bonds. The number of nitriles is 1. The average Bonchev–Trinajstić information content (AvgIpc) is 2.59. The van der Waals surface area contributed by atoms with Crippen molar-refractivity contribution in [3.05, 3.63) is 70.5 Å². The van der Waals surface area contributed by atoms with Crippen LogP contribution in [0, 0.1) is 11.3 Å². The number of nitrogens with zero attached hydrogens (tertiary/aromatic N) is 3. The van der Waals surface area contributed by atoms with Gasteiger partial charge >= 0.3 is 0 Å². The second-order valence-corrected chi connectivity index (χ2v) is 5.70. The van der Waals surface area contributed by atoms with Gasteiger partial charge in [0.05, 0.1) is 22.3 Å². The first-order valence-corrected chi connectivity index (χ1v) is 7.71. The van der Waals surface area contributed by atoms with Crippen molar-refractivity contribution < 1.29 is 0 Å². The molecule has 0 spiro atoms. The molecule has 5 nitrogen and oxygen atoms in total. The Morgan fingerprint density at radius 2 is 1.71 bits per heavy atom. The van der Waals surface area contributed by atoms with Gasteiger partial charge in [0.25, 0.3) is 0 Å². The molecule has 2 N–H and O–H groups in total. The van der Waals surface area contributed by atoms with Crippen molar-refractivity contribution in [1.29, 1.82) is 5.26 Å². The Kier molecular flexibility index (Phi) is 4.80. The maximum Gasteiger partial charge on any atom is 0.135 e. The molecule has 0 atom stereocenters. The fourth-order valence-corrected chi connectivity index (χ4v) is 2.38. The zero-order valence-corrected chi connectivity index (χ0v) is 13.8. The van der Waals surface area contributed by atoms with Gasteiger partial charge in [-0.1, -0.05) is 29.3 Å². The van der Waals surface area contributed by atoms with Crippen LogP contribution in [0.5, 0.6) is 0 Å². The Morgan fingerprint density at radius 1 is 0.917 bits per heavy atom. The van der Waals surface area contributed by atoms with Crippen molar-refractivity contribution in [1.82, 2.24) is 9.97 Å². The van der Waals surface area contributed by atoms with E-state index in [0.717, 1.165) is 5.69 Å². The molecule has 7 heteroatoms. The summed E-state index contributed by atoms with van der Waals surface area (Å²) in [6.07, 6.45) is 1.43. The van der Waals surface area contributed by atoms with Crippen molar-refractivity contribution in [2.24, 2.45) is 0 Å². The largest absolute Gasteiger partial charge is 0.340 e. The first-order valence-electron chi connectivity index (χ1n) is 6.95. The molecule has 0 bridgehead atoms. The van der Waals surface area contributed by atoms with Crippen LogP contribution >= 0.6 is 23.2 Å². The molecule has 118 valence electrons. The summed E-state index contributed by atoms with van der Waals surface area (Å²) in [5.41, 5.74) is 1.98. The lowest BCUT2D eigenvalue weighted by molar-refractivity contribution is 1.17. The fraction of sp³-hybridized carbons (Fsp3) is 0. The predicted octanol–water partition coefficient (Wildman–Crippen LogP) is 5.14. The molecule has 0 saturated heterocycles. The molecule has 1 aromatic heterocycles. The van der Waals surface area contributed by atoms with Crippen LogP contribution in [-0.4, -0.2) is 9.97 Å². The van der Waals surface area contributed by atoms with Gasteiger partial charge in [-0.3, -0.25) is 0 Å². The summed E-state index contributed by atoms with van der Waals surface area (Å²) in [5, 5.41) is 16.3. The van der Waals surface area contributed by atoms with Crippen molar-refractivity contribution in [3.63, 3.8) is 0 Å². The van der Waals surface area contributed by atoms with Crippen LogP contribution in [0.15, 0.2) is 54.9 Å². The first kappa shape index (κ1) is 16.1. The molecule has 1 heterocycles. The van der Waals surface area contributed by atoms with E-state index in [9.17, 15) is 0 Å². The molecule has 0 radical (unpaired) electrons. The van der Waals surface area contributed by atoms with E-state index >= 15 is 0 Å². The molecule has 24 heavy (non-hydrogen) atoms. The molecule has 0 aliphatic rings. The summed E-state index contributed by atoms with van der Waals surface area (Å²) in [7, 11) is 0. The second-order valence-electron chi connectivity index (χ2n) is 4.86. The minimum absolute atomic E-state index is 0.536. The van der Waals surface area contributed by atoms with Crippen molar-refractivity contribution in [3.8, 4) is 6.07 Å². The number of rotatable bonds is 4. The second kappa shape index (κ2) is 7.18. The van der Waals surface area contributed by atoms with E-state index in [1.54, 1.807) is 42.5 Å². The highest BCUT2D eigenvalue weighted by Gasteiger charge is 2.05. The monoisotopic (exact) mass is 355 g/mol. The van der Waals surface area contributed by atoms with Crippen LogP contribution in [-0.2, 0) is 0 Å². The van der Waals surface area contributed by atoms with E-state index < -0.39 is 0 Å². The Hall–Kier alpha value is -2.81. The molecular weight excluding hydrogens is 345 g/mol. The minimum atomic E-state index is 0.536. The highest BCUT2D eigenvalue weighted by Crippen LogP contribution is 2.28. The van der Waals surface area contributed by atoms with Gasteiger partial charge in [-0.05, 0) is 36.4 Å². The minimum Gasteiger partial charge on any atom is -0.340 e. The zero-order chi connectivity index (χ0) is 16.9. The molecule has 0 saturated carbocycles. The summed E-state index contributed by atoms with van der Waals surface area (Å²) >= 11 is 12.1. The van der Waals surface area contributed by atoms with Crippen molar-refractivity contribution in [2.75, 3.05) is 10.6 Å². The highest BCUT2D eigenvalue weighted by molar-refractivity contribution is 6.35. The summed E-state index contributed by atoms with van der Waals surface area (Å²) in [4.78, 5) is 8.33. The quantitative estimate of drug-likeness (QED) is 0.677. The SMILES string of the molecule is N#Cc1cccc(Nc2cc(Nc3cc(Cl)ccc3Cl)ncn2)c1. The van der Waals surface area contributed by atoms with Crippen LogP contribution < -0.4 is 10.6 Å². The fourth-order valence-electron chi connectivity index (χ4n) is 2.04. The van der Waals surface area contributed by atoms with Crippen LogP contribution in [0.4, 0.5) is 23.0 Å². The Balaban J connectivity index is 1.81. The number of nitrogens with one attached hydrogen (secondary N) is 2. The lowest BCUT2D eigenvalue weighted by Crippen LogP contribution is -1.99. The molecule has 3 rings (SSSR count). The number of anilines is 4. The molecule has 0 aliphatic carbocycles. The summed E-state index contributed by atoms with van der Waals surface area (Å²) < 4.78 is 0. The lowest BCUT2D eigenvalue weighted by Gasteiger charge is -2.10. The molecule has 0 unspecified atom stereocenters. The van der Waals surface area contributed by atoms with Gasteiger partial charge in [0, 0.05) is 16.8 Å². The van der Waals surface area contributed by atoms with Crippen molar-refractivity contribution in [2.45, 2.75) is 0 Å². The third-order valence-corrected chi connectivity index (χ3v) is 3.69. The van der Waals surface area contributed by atoms with Crippen LogP contribution in [0.25, 0.3) is 0 Å². The normalized spacial score (nSPS) is 10.0. The third-order valence-electron chi connectivity index (χ3n) is 3.12. The van der Waals surface area contributed by atoms with E-state index in [1.807, 2.05) is 6.07 Å². The molecule has 3 aromatic rings. The topological polar surface area (TPSA) is 73.6 Å². The summed E-state index contributed by atoms with van der Waals surface area (Å²) in [6.45, 7) is 0. The van der Waals surface area contributed by atoms with Crippen LogP contribution in [0.2, 0.25) is 10.0 Å². The molecule has 0 fully saturated rings. The van der Waals surface area contributed by atoms with Crippen molar-refractivity contribution >= 4 is 46.2 Å². The first-order chi connectivity index (χ1) is 11.6. The van der Waals surface area contributed by atoms with Gasteiger partial charge < -0.3 is 10.6 Å². The Bertz CT molecular complexity index is 921. The number of hydrogen-bond donors (Lipinski definition) is 2. The predicted molar refractivity (Wildman–Crippen MR) is 96.2 cm³/mol. The lowest BCUT2D eigenvalue weighted by atomic mass is 10.2. The van der Waals surface area contributed by atoms with E-state index in [0.29, 0.717) is 32.9 Å². The molecular formula is C17H11Cl2N5. The van der Waals surface area contributed by atoms with E-state index in [-0.39, 0.29) is 0 Å². The van der Waals surface area contributed by atoms with Gasteiger partial charge in [-0.2, -0.15) is 5.26 Å². The van der Waals surface area contributed by atoms with Crippen LogP contribution in [0.1, 0.15) is 5.56 Å². The van der Waals surface area contributed by atoms with Gasteiger partial charge in [0.2, 0.25) is 0 Å². The number of hydrogen-bond acceptors (Lipinski definition) is 5. The molecule has 0 aliphatic heterocycles. The number of aromatic nitrogens is 2. The third kappa shape index (κ3) is 3.93. The van der Waals surface area contributed by atoms with E-state index in [1.165, 1.54) is 6.33 Å². The summed E-state index contributed by atoms with van der Waals surface area (Å²) in [6, 6.07) is 16.1.